The Labute approximate surface area is 530 Å². The summed E-state index contributed by atoms with van der Waals surface area (Å²) in [6.07, 6.45) is 39.4. The minimum Gasteiger partial charge on any atom is -0.462 e. The Morgan fingerprint density at radius 1 is 0.322 bits per heavy atom. The molecule has 87 heavy (non-hydrogen) atoms. The lowest BCUT2D eigenvalue weighted by Crippen LogP contribution is -2.30. The maximum Gasteiger partial charge on any atom is 0.472 e. The minimum atomic E-state index is -4.95. The van der Waals surface area contributed by atoms with Gasteiger partial charge in [-0.25, -0.2) is 9.13 Å². The van der Waals surface area contributed by atoms with Crippen molar-refractivity contribution >= 4 is 39.5 Å². The number of phosphoric ester groups is 2. The molecule has 0 heterocycles. The number of hydrogen-bond donors (Lipinski definition) is 3. The van der Waals surface area contributed by atoms with Crippen molar-refractivity contribution in [3.63, 3.8) is 0 Å². The molecule has 0 aliphatic heterocycles. The maximum atomic E-state index is 13.0. The Morgan fingerprint density at radius 2 is 0.552 bits per heavy atom. The van der Waals surface area contributed by atoms with E-state index in [1.165, 1.54) is 122 Å². The van der Waals surface area contributed by atoms with Crippen molar-refractivity contribution in [2.45, 2.75) is 350 Å². The summed E-state index contributed by atoms with van der Waals surface area (Å²) in [5.41, 5.74) is 0. The predicted octanol–water partition coefficient (Wildman–Crippen LogP) is 18.9. The quantitative estimate of drug-likeness (QED) is 0.0222. The number of hydrogen-bond acceptors (Lipinski definition) is 15. The molecule has 0 saturated carbocycles. The zero-order valence-electron chi connectivity index (χ0n) is 56.6. The van der Waals surface area contributed by atoms with Gasteiger partial charge in [-0.15, -0.1) is 0 Å². The van der Waals surface area contributed by atoms with Crippen LogP contribution in [0.4, 0.5) is 0 Å². The van der Waals surface area contributed by atoms with Crippen LogP contribution in [0.3, 0.4) is 0 Å². The monoisotopic (exact) mass is 1280 g/mol. The van der Waals surface area contributed by atoms with E-state index in [-0.39, 0.29) is 25.7 Å². The fourth-order valence-electron chi connectivity index (χ4n) is 10.1. The van der Waals surface area contributed by atoms with E-state index in [0.717, 1.165) is 115 Å². The van der Waals surface area contributed by atoms with Gasteiger partial charge in [-0.1, -0.05) is 280 Å². The first-order valence-electron chi connectivity index (χ1n) is 35.2. The third-order valence-corrected chi connectivity index (χ3v) is 17.8. The molecule has 0 aromatic carbocycles. The van der Waals surface area contributed by atoms with Crippen molar-refractivity contribution in [2.75, 3.05) is 39.6 Å². The van der Waals surface area contributed by atoms with Gasteiger partial charge in [0.05, 0.1) is 26.4 Å². The van der Waals surface area contributed by atoms with E-state index in [0.29, 0.717) is 37.5 Å². The first-order valence-corrected chi connectivity index (χ1v) is 38.2. The number of carbonyl (C=O) groups excluding carboxylic acids is 4. The fraction of sp³-hybridized carbons (Fsp3) is 0.941. The Morgan fingerprint density at radius 3 is 0.816 bits per heavy atom. The summed E-state index contributed by atoms with van der Waals surface area (Å²) in [6.45, 7) is 13.9. The Kier molecular flexibility index (Phi) is 56.6. The first-order chi connectivity index (χ1) is 41.6. The van der Waals surface area contributed by atoms with Crippen LogP contribution >= 0.6 is 15.6 Å². The van der Waals surface area contributed by atoms with Crippen molar-refractivity contribution in [2.24, 2.45) is 23.7 Å². The van der Waals surface area contributed by atoms with E-state index >= 15 is 0 Å². The zero-order valence-corrected chi connectivity index (χ0v) is 58.4. The van der Waals surface area contributed by atoms with E-state index in [1.807, 2.05) is 0 Å². The topological polar surface area (TPSA) is 237 Å². The Hall–Kier alpha value is -1.94. The molecule has 0 aromatic heterocycles. The summed E-state index contributed by atoms with van der Waals surface area (Å²) in [4.78, 5) is 72.3. The van der Waals surface area contributed by atoms with Crippen molar-refractivity contribution in [3.8, 4) is 0 Å². The normalized spacial score (nSPS) is 14.6. The van der Waals surface area contributed by atoms with Crippen LogP contribution in [-0.4, -0.2) is 96.7 Å². The molecule has 19 heteroatoms. The highest BCUT2D eigenvalue weighted by molar-refractivity contribution is 7.47. The molecule has 0 rings (SSSR count). The van der Waals surface area contributed by atoms with Gasteiger partial charge in [-0.05, 0) is 49.4 Å². The lowest BCUT2D eigenvalue weighted by atomic mass is 10.00. The van der Waals surface area contributed by atoms with Crippen LogP contribution < -0.4 is 0 Å². The zero-order chi connectivity index (χ0) is 64.7. The maximum absolute atomic E-state index is 13.0. The van der Waals surface area contributed by atoms with Gasteiger partial charge in [0.1, 0.15) is 19.3 Å². The molecule has 0 bridgehead atoms. The molecule has 516 valence electrons. The highest BCUT2D eigenvalue weighted by Gasteiger charge is 2.30. The third-order valence-electron chi connectivity index (χ3n) is 15.9. The number of esters is 4. The van der Waals surface area contributed by atoms with Crippen LogP contribution in [0.1, 0.15) is 331 Å². The number of rotatable bonds is 65. The van der Waals surface area contributed by atoms with Gasteiger partial charge in [0, 0.05) is 25.7 Å². The van der Waals surface area contributed by atoms with E-state index in [9.17, 15) is 43.2 Å². The molecule has 17 nitrogen and oxygen atoms in total. The number of aliphatic hydroxyl groups is 1. The molecule has 6 atom stereocenters. The average Bonchev–Trinajstić information content (AvgIpc) is 3.68. The van der Waals surface area contributed by atoms with Crippen LogP contribution in [0.5, 0.6) is 0 Å². The molecular weight excluding hydrogens is 1150 g/mol. The number of unbranched alkanes of at least 4 members (excludes halogenated alkanes) is 30. The van der Waals surface area contributed by atoms with E-state index in [4.69, 9.17) is 37.0 Å². The standard InChI is InChI=1S/C68H132O17P2/c1-9-61(8)47-39-31-24-27-35-43-51-68(73)85-64(55-79-66(71)49-41-33-26-23-30-38-46-60(6)7)57-83-87(76,77)81-53-62(69)52-80-86(74,75)82-56-63(54-78-65(70)48-40-32-25-22-29-37-45-59(4)5)84-67(72)50-42-34-21-19-17-15-13-11-10-12-14-16-18-20-28-36-44-58(2)3/h58-64,69H,9-57H2,1-8H3,(H,74,75)(H,76,77)/t61?,62?,63-,64-/m1/s1. The summed E-state index contributed by atoms with van der Waals surface area (Å²) in [5, 5.41) is 10.6. The summed E-state index contributed by atoms with van der Waals surface area (Å²) in [5.74, 6) is 0.749. The van der Waals surface area contributed by atoms with Gasteiger partial charge >= 0.3 is 39.5 Å². The van der Waals surface area contributed by atoms with Crippen LogP contribution in [0.15, 0.2) is 0 Å². The summed E-state index contributed by atoms with van der Waals surface area (Å²) < 4.78 is 68.1. The highest BCUT2D eigenvalue weighted by Crippen LogP contribution is 2.45. The summed E-state index contributed by atoms with van der Waals surface area (Å²) in [6, 6.07) is 0. The number of ether oxygens (including phenoxy) is 4. The molecule has 0 aliphatic rings. The number of aliphatic hydroxyl groups excluding tert-OH is 1. The van der Waals surface area contributed by atoms with Gasteiger partial charge in [-0.2, -0.15) is 0 Å². The molecule has 3 N–H and O–H groups in total. The molecule has 0 saturated heterocycles. The number of phosphoric acid groups is 2. The molecule has 0 amide bonds. The van der Waals surface area contributed by atoms with E-state index in [2.05, 4.69) is 55.4 Å². The van der Waals surface area contributed by atoms with Gasteiger partial charge in [0.25, 0.3) is 0 Å². The lowest BCUT2D eigenvalue weighted by Gasteiger charge is -2.21. The highest BCUT2D eigenvalue weighted by atomic mass is 31.2. The second-order valence-corrected chi connectivity index (χ2v) is 29.1. The molecular formula is C68H132O17P2. The summed E-state index contributed by atoms with van der Waals surface area (Å²) >= 11 is 0. The SMILES string of the molecule is CCC(C)CCCCCCCCC(=O)O[C@H](COC(=O)CCCCCCCCC(C)C)COP(=O)(O)OCC(O)COP(=O)(O)OC[C@@H](COC(=O)CCCCCCCCC(C)C)OC(=O)CCCCCCCCCCCCCCCCCCC(C)C. The van der Waals surface area contributed by atoms with Gasteiger partial charge in [0.2, 0.25) is 0 Å². The minimum absolute atomic E-state index is 0.101. The Balaban J connectivity index is 5.17. The van der Waals surface area contributed by atoms with Crippen LogP contribution in [0.25, 0.3) is 0 Å². The predicted molar refractivity (Wildman–Crippen MR) is 349 cm³/mol. The van der Waals surface area contributed by atoms with Crippen molar-refractivity contribution < 1.29 is 80.2 Å². The molecule has 0 spiro atoms. The second-order valence-electron chi connectivity index (χ2n) is 26.2. The average molecular weight is 1280 g/mol. The fourth-order valence-corrected chi connectivity index (χ4v) is 11.7. The van der Waals surface area contributed by atoms with Crippen LogP contribution in [0, 0.1) is 23.7 Å². The van der Waals surface area contributed by atoms with Crippen LogP contribution in [0.2, 0.25) is 0 Å². The van der Waals surface area contributed by atoms with Crippen molar-refractivity contribution in [3.05, 3.63) is 0 Å². The van der Waals surface area contributed by atoms with Gasteiger partial charge in [-0.3, -0.25) is 37.3 Å². The molecule has 0 aromatic rings. The summed E-state index contributed by atoms with van der Waals surface area (Å²) in [7, 11) is -9.89. The smallest absolute Gasteiger partial charge is 0.462 e. The molecule has 4 unspecified atom stereocenters. The van der Waals surface area contributed by atoms with Crippen LogP contribution in [-0.2, 0) is 65.4 Å². The number of carbonyl (C=O) groups is 4. The van der Waals surface area contributed by atoms with Gasteiger partial charge in [0.15, 0.2) is 12.2 Å². The third kappa shape index (κ3) is 61.3. The van der Waals surface area contributed by atoms with Gasteiger partial charge < -0.3 is 33.8 Å². The Bertz CT molecular complexity index is 1730. The first kappa shape index (κ1) is 85.1. The molecule has 0 fully saturated rings. The molecule has 0 radical (unpaired) electrons. The second kappa shape index (κ2) is 57.9. The van der Waals surface area contributed by atoms with Crippen molar-refractivity contribution in [1.82, 2.24) is 0 Å². The molecule has 0 aliphatic carbocycles. The lowest BCUT2D eigenvalue weighted by molar-refractivity contribution is -0.161. The largest absolute Gasteiger partial charge is 0.472 e. The van der Waals surface area contributed by atoms with E-state index < -0.39 is 97.5 Å². The van der Waals surface area contributed by atoms with E-state index in [1.54, 1.807) is 0 Å². The van der Waals surface area contributed by atoms with Crippen molar-refractivity contribution in [1.29, 1.82) is 0 Å².